The second-order valence-electron chi connectivity index (χ2n) is 36.2. The molecule has 22 rings (SSSR count). The maximum absolute atomic E-state index is 13.2. The predicted molar refractivity (Wildman–Crippen MR) is 416 cm³/mol. The van der Waals surface area contributed by atoms with Crippen LogP contribution in [0.15, 0.2) is 53.5 Å². The van der Waals surface area contributed by atoms with Crippen molar-refractivity contribution in [2.45, 2.75) is 215 Å². The first-order valence-electron chi connectivity index (χ1n) is 38.8. The standard InChI is InChI=1S/C23H25ClN4O3.C21H23ClN4O3.C21H22ClN3O4.C18H16ClN3O/c1-21(2,3)31-20(30)28-10-22(11-28)18-16(19(29)27-23(22)6-7-23)13-5-4-12-9-25-15(24)8-14(12)17(13)26-18;1-20(2,3)29-19(28)26-9-21(10-26)7-14-16(18(27)25-21)12-5-4-11-8-23-15(22)6-13(11)17(12)24-14;1-20(2,3)29-19(27)25-9-21(10-25)7-14-16(18(26)24-21)12-5-4-11-8-23-15(22)6-13(11)17(12)28-14;19-12-7-11-9(8-20-12)1-2-10-13-15(21-14(10)11)17(3-4-17)18(5-6-18)22-16(13)23/h8-9,26H,4-7,10-11H2,1-3H3,(H,27,29);6,8,24H,4-5,7,9-10H2,1-3H3,(H,25,27);6,8H,4-5,7,9-10H2,1-3H3,(H,24,26);7-8,21H,1-6H2,(H,22,23). The number of amides is 7. The number of H-pyrrole nitrogens is 3. The summed E-state index contributed by atoms with van der Waals surface area (Å²) in [6, 6.07) is 7.46. The third kappa shape index (κ3) is 11.8. The summed E-state index contributed by atoms with van der Waals surface area (Å²) in [5.41, 5.74) is 19.1. The van der Waals surface area contributed by atoms with Crippen LogP contribution in [0.5, 0.6) is 0 Å². The minimum atomic E-state index is -0.549. The van der Waals surface area contributed by atoms with Gasteiger partial charge in [0.2, 0.25) is 0 Å². The van der Waals surface area contributed by atoms with E-state index in [9.17, 15) is 33.6 Å². The summed E-state index contributed by atoms with van der Waals surface area (Å²) < 4.78 is 22.6. The molecule has 0 atom stereocenters. The highest BCUT2D eigenvalue weighted by Crippen LogP contribution is 2.68. The molecule has 0 unspecified atom stereocenters. The lowest BCUT2D eigenvalue weighted by Gasteiger charge is -2.56. The number of aromatic amines is 3. The molecule has 6 spiro atoms. The van der Waals surface area contributed by atoms with Crippen LogP contribution in [-0.2, 0) is 89.2 Å². The van der Waals surface area contributed by atoms with Gasteiger partial charge in [0.05, 0.1) is 66.9 Å². The number of hydrogen-bond acceptors (Lipinski definition) is 15. The summed E-state index contributed by atoms with van der Waals surface area (Å²) in [5.74, 6) is 1.31. The molecule has 0 aromatic carbocycles. The number of rotatable bonds is 0. The SMILES string of the molecule is CC(C)(C)OC(=O)N1CC2(C1)c1[nH]c3c(c1C(=O)NC21CC1)CCc1cnc(Cl)cc1-3.CC(C)(C)OC(=O)N1CC2(Cc3[nH]c4c(c3C(=O)N2)CCc2cnc(Cl)cc2-4)C1.CC(C)(C)OC(=O)N1CC2(Cc3oc4c(c3C(=O)N2)CCc2cnc(Cl)cc2-4)C1.O=C1NC2(CC2)C2(CC2)c2[nH]c3c(c21)CCc1cnc(Cl)cc1-3. The smallest absolute Gasteiger partial charge is 0.410 e. The third-order valence-electron chi connectivity index (χ3n) is 25.2. The van der Waals surface area contributed by atoms with Crippen molar-refractivity contribution in [3.8, 4) is 45.1 Å². The zero-order chi connectivity index (χ0) is 78.3. The number of nitrogens with one attached hydrogen (secondary N) is 7. The molecule has 6 fully saturated rings. The van der Waals surface area contributed by atoms with Gasteiger partial charge in [-0.25, -0.2) is 34.3 Å². The van der Waals surface area contributed by atoms with Crippen LogP contribution in [0.25, 0.3) is 45.1 Å². The van der Waals surface area contributed by atoms with Gasteiger partial charge in [0, 0.05) is 127 Å². The fourth-order valence-corrected chi connectivity index (χ4v) is 20.4. The fourth-order valence-electron chi connectivity index (χ4n) is 19.8. The molecule has 0 bridgehead atoms. The van der Waals surface area contributed by atoms with Crippen molar-refractivity contribution in [2.24, 2.45) is 0 Å². The Kier molecular flexibility index (Phi) is 16.1. The zero-order valence-corrected chi connectivity index (χ0v) is 66.8. The molecule has 8 aromatic heterocycles. The van der Waals surface area contributed by atoms with Crippen molar-refractivity contribution in [2.75, 3.05) is 39.3 Å². The number of fused-ring (bicyclic) bond motifs is 24. The van der Waals surface area contributed by atoms with Gasteiger partial charge in [-0.2, -0.15) is 0 Å². The minimum absolute atomic E-state index is 0.00468. The fraction of sp³-hybridized carbons (Fsp3) is 0.482. The number of hydrogen-bond donors (Lipinski definition) is 7. The van der Waals surface area contributed by atoms with Crippen LogP contribution in [0.2, 0.25) is 20.6 Å². The van der Waals surface area contributed by atoms with Crippen LogP contribution in [0.3, 0.4) is 0 Å². The summed E-state index contributed by atoms with van der Waals surface area (Å²) in [5, 5.41) is 14.7. The Morgan fingerprint density at radius 1 is 0.411 bits per heavy atom. The normalized spacial score (nSPS) is 20.8. The number of aromatic nitrogens is 7. The Labute approximate surface area is 665 Å². The lowest BCUT2D eigenvalue weighted by atomic mass is 9.65. The van der Waals surface area contributed by atoms with Gasteiger partial charge in [0.15, 0.2) is 0 Å². The first-order chi connectivity index (χ1) is 53.0. The van der Waals surface area contributed by atoms with E-state index >= 15 is 0 Å². The summed E-state index contributed by atoms with van der Waals surface area (Å²) in [6.07, 6.45) is 20.5. The molecule has 7 N–H and O–H groups in total. The topological polar surface area (TPSA) is 317 Å². The number of ether oxygens (including phenoxy) is 3. The second-order valence-corrected chi connectivity index (χ2v) is 37.8. The summed E-state index contributed by atoms with van der Waals surface area (Å²) in [6.45, 7) is 19.5. The maximum Gasteiger partial charge on any atom is 0.410 e. The molecular weight excluding hydrogens is 1510 g/mol. The number of halogens is 4. The number of furan rings is 1. The van der Waals surface area contributed by atoms with E-state index in [1.54, 1.807) is 27.0 Å². The van der Waals surface area contributed by atoms with Crippen molar-refractivity contribution in [3.63, 3.8) is 0 Å². The van der Waals surface area contributed by atoms with Gasteiger partial charge in [0.25, 0.3) is 23.6 Å². The highest BCUT2D eigenvalue weighted by atomic mass is 35.5. The number of nitrogens with zero attached hydrogens (tertiary/aromatic N) is 7. The molecule has 0 radical (unpaired) electrons. The van der Waals surface area contributed by atoms with E-state index in [0.29, 0.717) is 84.0 Å². The number of pyridine rings is 4. The van der Waals surface area contributed by atoms with Crippen LogP contribution >= 0.6 is 46.4 Å². The highest BCUT2D eigenvalue weighted by molar-refractivity contribution is 6.30. The molecule has 112 heavy (non-hydrogen) atoms. The molecule has 14 aliphatic rings. The molecule has 7 amide bonds. The Hall–Kier alpha value is -9.43. The minimum Gasteiger partial charge on any atom is -0.460 e. The highest BCUT2D eigenvalue weighted by Gasteiger charge is 2.72. The van der Waals surface area contributed by atoms with Gasteiger partial charge in [-0.1, -0.05) is 46.4 Å². The average Bonchev–Trinajstić information content (AvgIpc) is 1.50. The molecule has 29 heteroatoms. The summed E-state index contributed by atoms with van der Waals surface area (Å²) >= 11 is 24.5. The van der Waals surface area contributed by atoms with Gasteiger partial charge >= 0.3 is 18.3 Å². The Bertz CT molecular complexity index is 5320. The lowest BCUT2D eigenvalue weighted by Crippen LogP contribution is -2.74. The first-order valence-corrected chi connectivity index (χ1v) is 40.3. The van der Waals surface area contributed by atoms with E-state index in [4.69, 9.17) is 65.0 Å². The number of aryl methyl sites for hydroxylation is 4. The van der Waals surface area contributed by atoms with E-state index in [1.165, 1.54) is 29.7 Å². The van der Waals surface area contributed by atoms with Crippen LogP contribution in [0.1, 0.15) is 210 Å². The maximum atomic E-state index is 13.2. The molecule has 582 valence electrons. The van der Waals surface area contributed by atoms with Crippen LogP contribution in [-0.4, -0.2) is 170 Å². The Morgan fingerprint density at radius 3 is 1.18 bits per heavy atom. The Balaban J connectivity index is 0.000000101. The van der Waals surface area contributed by atoms with E-state index < -0.39 is 27.9 Å². The lowest BCUT2D eigenvalue weighted by molar-refractivity contribution is -0.0241. The molecule has 8 aromatic rings. The van der Waals surface area contributed by atoms with Crippen molar-refractivity contribution in [1.82, 2.24) is 70.9 Å². The van der Waals surface area contributed by atoms with Gasteiger partial charge in [-0.3, -0.25) is 19.2 Å². The van der Waals surface area contributed by atoms with Crippen molar-refractivity contribution in [3.05, 3.63) is 159 Å². The molecule has 3 saturated carbocycles. The quantitative estimate of drug-likeness (QED) is 0.0548. The number of carbonyl (C=O) groups is 7. The van der Waals surface area contributed by atoms with Gasteiger partial charge in [0.1, 0.15) is 48.9 Å². The first kappa shape index (κ1) is 72.8. The van der Waals surface area contributed by atoms with E-state index in [2.05, 4.69) is 56.2 Å². The van der Waals surface area contributed by atoms with Crippen molar-refractivity contribution in [1.29, 1.82) is 0 Å². The Morgan fingerprint density at radius 2 is 0.759 bits per heavy atom. The number of likely N-dealkylation sites (tertiary alicyclic amines) is 3. The zero-order valence-electron chi connectivity index (χ0n) is 63.8. The molecular formula is C83H86Cl4N14O11. The van der Waals surface area contributed by atoms with E-state index in [0.717, 1.165) is 184 Å². The molecule has 25 nitrogen and oxygen atoms in total. The van der Waals surface area contributed by atoms with Crippen molar-refractivity contribution >= 4 is 88.3 Å². The van der Waals surface area contributed by atoms with Gasteiger partial charge < -0.3 is 69.5 Å². The largest absolute Gasteiger partial charge is 0.460 e. The van der Waals surface area contributed by atoms with Gasteiger partial charge in [-0.05, 0) is 215 Å². The second kappa shape index (κ2) is 24.8. The van der Waals surface area contributed by atoms with Crippen LogP contribution in [0.4, 0.5) is 14.4 Å². The van der Waals surface area contributed by atoms with Crippen LogP contribution < -0.4 is 21.3 Å². The number of carbonyl (C=O) groups excluding carboxylic acids is 7. The van der Waals surface area contributed by atoms with Crippen LogP contribution in [0, 0.1) is 0 Å². The summed E-state index contributed by atoms with van der Waals surface area (Å²) in [7, 11) is 0. The monoisotopic (exact) mass is 1590 g/mol. The summed E-state index contributed by atoms with van der Waals surface area (Å²) in [4.78, 5) is 122. The van der Waals surface area contributed by atoms with Gasteiger partial charge in [-0.15, -0.1) is 0 Å². The third-order valence-corrected chi connectivity index (χ3v) is 26.0. The average molecular weight is 1600 g/mol. The molecule has 7 aliphatic heterocycles. The van der Waals surface area contributed by atoms with E-state index in [1.807, 2.05) is 99.1 Å². The molecule has 7 aliphatic carbocycles. The molecule has 15 heterocycles. The van der Waals surface area contributed by atoms with Crippen molar-refractivity contribution < 1.29 is 52.2 Å². The van der Waals surface area contributed by atoms with E-state index in [-0.39, 0.29) is 63.8 Å². The predicted octanol–water partition coefficient (Wildman–Crippen LogP) is 13.2. The molecule has 3 saturated heterocycles.